The summed E-state index contributed by atoms with van der Waals surface area (Å²) in [7, 11) is 0. The van der Waals surface area contributed by atoms with Crippen LogP contribution in [0.3, 0.4) is 0 Å². The van der Waals surface area contributed by atoms with Gasteiger partial charge in [0.2, 0.25) is 5.91 Å². The van der Waals surface area contributed by atoms with Crippen molar-refractivity contribution >= 4 is 5.91 Å². The van der Waals surface area contributed by atoms with Crippen LogP contribution in [0, 0.1) is 40.4 Å². The largest absolute Gasteiger partial charge is 0.353 e. The third-order valence-corrected chi connectivity index (χ3v) is 8.07. The maximum Gasteiger partial charge on any atom is 0.224 e. The molecule has 3 atom stereocenters. The van der Waals surface area contributed by atoms with Crippen LogP contribution in [0.2, 0.25) is 0 Å². The highest BCUT2D eigenvalue weighted by molar-refractivity contribution is 5.84. The van der Waals surface area contributed by atoms with Gasteiger partial charge in [-0.25, -0.2) is 0 Å². The van der Waals surface area contributed by atoms with Crippen molar-refractivity contribution in [3.05, 3.63) is 11.6 Å². The molecule has 1 N–H and O–H groups in total. The van der Waals surface area contributed by atoms with Crippen LogP contribution in [-0.4, -0.2) is 11.9 Å². The minimum absolute atomic E-state index is 0.128. The third kappa shape index (κ3) is 2.56. The molecule has 0 spiro atoms. The topological polar surface area (TPSA) is 29.1 Å². The zero-order chi connectivity index (χ0) is 17.3. The Labute approximate surface area is 147 Å². The van der Waals surface area contributed by atoms with Gasteiger partial charge in [0.05, 0.1) is 5.92 Å². The van der Waals surface area contributed by atoms with Gasteiger partial charge < -0.3 is 5.32 Å². The van der Waals surface area contributed by atoms with Gasteiger partial charge in [-0.1, -0.05) is 25.5 Å². The predicted molar refractivity (Wildman–Crippen MR) is 98.4 cm³/mol. The van der Waals surface area contributed by atoms with E-state index in [1.807, 2.05) is 0 Å². The van der Waals surface area contributed by atoms with E-state index in [0.717, 1.165) is 17.8 Å². The third-order valence-electron chi connectivity index (χ3n) is 8.07. The zero-order valence-corrected chi connectivity index (χ0v) is 16.2. The first kappa shape index (κ1) is 16.7. The van der Waals surface area contributed by atoms with E-state index in [-0.39, 0.29) is 11.3 Å². The highest BCUT2D eigenvalue weighted by Gasteiger charge is 2.61. The maximum atomic E-state index is 13.0. The van der Waals surface area contributed by atoms with Crippen LogP contribution in [0.25, 0.3) is 0 Å². The molecule has 24 heavy (non-hydrogen) atoms. The first-order chi connectivity index (χ1) is 11.2. The molecule has 0 aromatic rings. The van der Waals surface area contributed by atoms with Crippen LogP contribution in [-0.2, 0) is 4.79 Å². The molecule has 4 bridgehead atoms. The fourth-order valence-corrected chi connectivity index (χ4v) is 7.01. The summed E-state index contributed by atoms with van der Waals surface area (Å²) in [4.78, 5) is 13.0. The minimum atomic E-state index is 0.128. The molecule has 0 aromatic carbocycles. The van der Waals surface area contributed by atoms with E-state index >= 15 is 0 Å². The maximum absolute atomic E-state index is 13.0. The average molecular weight is 330 g/mol. The molecule has 1 amide bonds. The quantitative estimate of drug-likeness (QED) is 0.727. The van der Waals surface area contributed by atoms with E-state index in [9.17, 15) is 4.79 Å². The van der Waals surface area contributed by atoms with Gasteiger partial charge in [0.15, 0.2) is 0 Å². The lowest BCUT2D eigenvalue weighted by molar-refractivity contribution is -0.127. The Hall–Kier alpha value is -0.790. The predicted octanol–water partition coefficient (Wildman–Crippen LogP) is 4.95. The molecule has 5 rings (SSSR count). The molecule has 0 unspecified atom stereocenters. The van der Waals surface area contributed by atoms with E-state index in [4.69, 9.17) is 0 Å². The lowest BCUT2D eigenvalue weighted by Gasteiger charge is -2.59. The van der Waals surface area contributed by atoms with Crippen LogP contribution in [0.1, 0.15) is 73.1 Å². The Morgan fingerprint density at radius 1 is 1.04 bits per heavy atom. The highest BCUT2D eigenvalue weighted by Crippen LogP contribution is 2.62. The van der Waals surface area contributed by atoms with Gasteiger partial charge >= 0.3 is 0 Å². The van der Waals surface area contributed by atoms with Crippen molar-refractivity contribution in [2.75, 3.05) is 0 Å². The summed E-state index contributed by atoms with van der Waals surface area (Å²) in [6.07, 6.45) is 10.8. The summed E-state index contributed by atoms with van der Waals surface area (Å²) < 4.78 is 0. The van der Waals surface area contributed by atoms with Gasteiger partial charge in [-0.15, -0.1) is 0 Å². The van der Waals surface area contributed by atoms with Gasteiger partial charge in [0.25, 0.3) is 0 Å². The molecule has 0 saturated heterocycles. The Bertz CT molecular complexity index is 533. The Morgan fingerprint density at radius 3 is 2.00 bits per heavy atom. The lowest BCUT2D eigenvalue weighted by Crippen LogP contribution is -2.56. The summed E-state index contributed by atoms with van der Waals surface area (Å²) >= 11 is 0. The average Bonchev–Trinajstić information content (AvgIpc) is 2.97. The molecule has 0 heterocycles. The van der Waals surface area contributed by atoms with Crippen LogP contribution in [0.15, 0.2) is 11.6 Å². The number of hydrogen-bond acceptors (Lipinski definition) is 1. The fraction of sp³-hybridized carbons (Fsp3) is 0.864. The van der Waals surface area contributed by atoms with Crippen LogP contribution in [0.5, 0.6) is 0 Å². The SMILES string of the molecule is CC(C)=C[C@@H]1[C@@H](C(=O)N[C@H](C)C23CC4CC(CC(C4)C2)C3)C1(C)C. The molecule has 5 aliphatic carbocycles. The summed E-state index contributed by atoms with van der Waals surface area (Å²) in [5.74, 6) is 3.75. The van der Waals surface area contributed by atoms with Gasteiger partial charge in [-0.3, -0.25) is 4.79 Å². The van der Waals surface area contributed by atoms with E-state index in [1.165, 1.54) is 44.1 Å². The first-order valence-electron chi connectivity index (χ1n) is 10.2. The first-order valence-corrected chi connectivity index (χ1v) is 10.2. The monoisotopic (exact) mass is 329 g/mol. The molecule has 5 aliphatic rings. The second-order valence-corrected chi connectivity index (χ2v) is 10.6. The van der Waals surface area contributed by atoms with E-state index < -0.39 is 0 Å². The number of nitrogens with one attached hydrogen (secondary N) is 1. The molecule has 5 fully saturated rings. The number of carbonyl (C=O) groups excluding carboxylic acids is 1. The van der Waals surface area contributed by atoms with E-state index in [0.29, 0.717) is 23.3 Å². The van der Waals surface area contributed by atoms with Gasteiger partial charge in [0.1, 0.15) is 0 Å². The zero-order valence-electron chi connectivity index (χ0n) is 16.2. The van der Waals surface area contributed by atoms with E-state index in [1.54, 1.807) is 0 Å². The molecule has 2 heteroatoms. The van der Waals surface area contributed by atoms with Crippen molar-refractivity contribution in [2.45, 2.75) is 79.2 Å². The molecule has 134 valence electrons. The summed E-state index contributed by atoms with van der Waals surface area (Å²) in [6, 6.07) is 0.349. The van der Waals surface area contributed by atoms with Crippen molar-refractivity contribution in [1.82, 2.24) is 5.32 Å². The van der Waals surface area contributed by atoms with Crippen molar-refractivity contribution in [2.24, 2.45) is 40.4 Å². The van der Waals surface area contributed by atoms with Crippen LogP contribution >= 0.6 is 0 Å². The summed E-state index contributed by atoms with van der Waals surface area (Å²) in [6.45, 7) is 11.1. The molecule has 5 saturated carbocycles. The second-order valence-electron chi connectivity index (χ2n) is 10.6. The highest BCUT2D eigenvalue weighted by atomic mass is 16.2. The number of hydrogen-bond donors (Lipinski definition) is 1. The summed E-state index contributed by atoms with van der Waals surface area (Å²) in [5, 5.41) is 3.49. The van der Waals surface area contributed by atoms with Crippen LogP contribution in [0.4, 0.5) is 0 Å². The Kier molecular flexibility index (Phi) is 3.72. The number of rotatable bonds is 4. The molecule has 2 nitrogen and oxygen atoms in total. The van der Waals surface area contributed by atoms with Gasteiger partial charge in [-0.2, -0.15) is 0 Å². The smallest absolute Gasteiger partial charge is 0.224 e. The van der Waals surface area contributed by atoms with Crippen molar-refractivity contribution in [3.8, 4) is 0 Å². The lowest BCUT2D eigenvalue weighted by atomic mass is 9.48. The minimum Gasteiger partial charge on any atom is -0.353 e. The molecule has 0 radical (unpaired) electrons. The van der Waals surface area contributed by atoms with Crippen molar-refractivity contribution in [1.29, 1.82) is 0 Å². The Balaban J connectivity index is 1.44. The normalized spacial score (nSPS) is 45.6. The number of amides is 1. The standard InChI is InChI=1S/C22H35NO/c1-13(2)6-18-19(21(18,4)5)20(24)23-14(3)22-10-15-7-16(11-22)9-17(8-15)12-22/h6,14-19H,7-12H2,1-5H3,(H,23,24)/t14-,15?,16?,17?,18-,19+,22?/m1/s1. The van der Waals surface area contributed by atoms with E-state index in [2.05, 4.69) is 46.0 Å². The van der Waals surface area contributed by atoms with Crippen molar-refractivity contribution < 1.29 is 4.79 Å². The van der Waals surface area contributed by atoms with Gasteiger partial charge in [0, 0.05) is 6.04 Å². The number of carbonyl (C=O) groups is 1. The van der Waals surface area contributed by atoms with Crippen LogP contribution < -0.4 is 5.32 Å². The second kappa shape index (κ2) is 5.35. The molecule has 0 aromatic heterocycles. The molecule has 0 aliphatic heterocycles. The Morgan fingerprint density at radius 2 is 1.54 bits per heavy atom. The summed E-state index contributed by atoms with van der Waals surface area (Å²) in [5.41, 5.74) is 1.87. The van der Waals surface area contributed by atoms with Gasteiger partial charge in [-0.05, 0) is 93.8 Å². The van der Waals surface area contributed by atoms with Crippen molar-refractivity contribution in [3.63, 3.8) is 0 Å². The molecular weight excluding hydrogens is 294 g/mol. The number of allylic oxidation sites excluding steroid dienone is 2. The molecular formula is C22H35NO. The fourth-order valence-electron chi connectivity index (χ4n) is 7.01.